The minimum absolute atomic E-state index is 0.0125. The zero-order valence-corrected chi connectivity index (χ0v) is 10.0. The fourth-order valence-corrected chi connectivity index (χ4v) is 1.21. The largest absolute Gasteiger partial charge is 0.480 e. The molecule has 1 aromatic rings. The van der Waals surface area contributed by atoms with Crippen LogP contribution in [-0.2, 0) is 23.6 Å². The lowest BCUT2D eigenvalue weighted by Gasteiger charge is -2.07. The van der Waals surface area contributed by atoms with Crippen LogP contribution in [0.1, 0.15) is 0 Å². The summed E-state index contributed by atoms with van der Waals surface area (Å²) in [6.45, 7) is -0.0753. The minimum Gasteiger partial charge on any atom is -0.480 e. The van der Waals surface area contributed by atoms with Gasteiger partial charge in [-0.2, -0.15) is 0 Å². The van der Waals surface area contributed by atoms with Gasteiger partial charge in [0.1, 0.15) is 6.61 Å². The van der Waals surface area contributed by atoms with Crippen LogP contribution in [0.2, 0.25) is 0 Å². The number of nitrogens with zero attached hydrogens (tertiary/aromatic N) is 3. The summed E-state index contributed by atoms with van der Waals surface area (Å²) < 4.78 is 6.73. The van der Waals surface area contributed by atoms with Crippen LogP contribution in [0.4, 0.5) is 5.82 Å². The third kappa shape index (κ3) is 3.42. The van der Waals surface area contributed by atoms with Crippen molar-refractivity contribution >= 4 is 11.8 Å². The van der Waals surface area contributed by atoms with Gasteiger partial charge in [0, 0.05) is 20.6 Å². The summed E-state index contributed by atoms with van der Waals surface area (Å²) in [5.41, 5.74) is -1.07. The molecule has 0 fully saturated rings. The summed E-state index contributed by atoms with van der Waals surface area (Å²) in [5.74, 6) is -1.05. The molecule has 0 aromatic carbocycles. The number of nitrogens with one attached hydrogen (secondary N) is 1. The van der Waals surface area contributed by atoms with E-state index < -0.39 is 23.8 Å². The lowest BCUT2D eigenvalue weighted by atomic mass is 10.6. The Balaban J connectivity index is 2.61. The molecule has 0 unspecified atom stereocenters. The number of ether oxygens (including phenoxy) is 1. The predicted molar refractivity (Wildman–Crippen MR) is 61.7 cm³/mol. The normalized spacial score (nSPS) is 10.3. The van der Waals surface area contributed by atoms with Crippen molar-refractivity contribution in [2.45, 2.75) is 0 Å². The molecular formula is C9H14N4O5. The van der Waals surface area contributed by atoms with Gasteiger partial charge in [-0.05, 0) is 0 Å². The Bertz CT molecular complexity index is 547. The van der Waals surface area contributed by atoms with Gasteiger partial charge in [-0.15, -0.1) is 5.10 Å². The number of anilines is 1. The number of aromatic nitrogens is 3. The first-order chi connectivity index (χ1) is 8.43. The van der Waals surface area contributed by atoms with Crippen LogP contribution in [0.15, 0.2) is 9.59 Å². The van der Waals surface area contributed by atoms with Crippen LogP contribution in [-0.4, -0.2) is 45.2 Å². The first kappa shape index (κ1) is 13.9. The van der Waals surface area contributed by atoms with E-state index >= 15 is 0 Å². The second-order valence-corrected chi connectivity index (χ2v) is 3.49. The molecule has 0 amide bonds. The summed E-state index contributed by atoms with van der Waals surface area (Å²) in [6, 6.07) is 0. The lowest BCUT2D eigenvalue weighted by molar-refractivity contribution is -0.142. The molecule has 0 radical (unpaired) electrons. The fourth-order valence-electron chi connectivity index (χ4n) is 1.21. The summed E-state index contributed by atoms with van der Waals surface area (Å²) in [4.78, 5) is 33.1. The number of carboxylic acid groups (broad SMARTS) is 1. The van der Waals surface area contributed by atoms with E-state index in [4.69, 9.17) is 9.84 Å². The third-order valence-electron chi connectivity index (χ3n) is 2.09. The monoisotopic (exact) mass is 258 g/mol. The van der Waals surface area contributed by atoms with E-state index in [1.165, 1.54) is 14.1 Å². The van der Waals surface area contributed by atoms with Crippen molar-refractivity contribution in [2.75, 3.05) is 25.1 Å². The average Bonchev–Trinajstić information content (AvgIpc) is 2.32. The van der Waals surface area contributed by atoms with Gasteiger partial charge < -0.3 is 15.2 Å². The number of aryl methyl sites for hydroxylation is 1. The highest BCUT2D eigenvalue weighted by Gasteiger charge is 2.07. The maximum atomic E-state index is 11.6. The highest BCUT2D eigenvalue weighted by atomic mass is 16.5. The summed E-state index contributed by atoms with van der Waals surface area (Å²) >= 11 is 0. The van der Waals surface area contributed by atoms with Crippen molar-refractivity contribution in [1.29, 1.82) is 0 Å². The molecule has 1 heterocycles. The van der Waals surface area contributed by atoms with E-state index in [0.29, 0.717) is 0 Å². The molecule has 9 nitrogen and oxygen atoms in total. The van der Waals surface area contributed by atoms with Crippen LogP contribution < -0.4 is 16.6 Å². The summed E-state index contributed by atoms with van der Waals surface area (Å²) in [6.07, 6.45) is 0. The second-order valence-electron chi connectivity index (χ2n) is 3.49. The van der Waals surface area contributed by atoms with Gasteiger partial charge in [0.25, 0.3) is 5.56 Å². The standard InChI is InChI=1S/C9H14N4O5/c1-12-8(16)7(11-13(2)9(12)17)10-3-4-18-5-6(14)15/h3-5H2,1-2H3,(H,10,11)(H,14,15). The fraction of sp³-hybridized carbons (Fsp3) is 0.556. The van der Waals surface area contributed by atoms with Crippen molar-refractivity contribution in [2.24, 2.45) is 14.1 Å². The number of carbonyl (C=O) groups is 1. The van der Waals surface area contributed by atoms with Gasteiger partial charge >= 0.3 is 11.7 Å². The van der Waals surface area contributed by atoms with Gasteiger partial charge in [0.05, 0.1) is 6.61 Å². The molecule has 0 aliphatic carbocycles. The van der Waals surface area contributed by atoms with E-state index in [1.54, 1.807) is 0 Å². The Morgan fingerprint density at radius 3 is 2.72 bits per heavy atom. The van der Waals surface area contributed by atoms with Crippen molar-refractivity contribution in [1.82, 2.24) is 14.3 Å². The molecule has 1 aromatic heterocycles. The Kier molecular flexibility index (Phi) is 4.60. The predicted octanol–water partition coefficient (Wildman–Crippen LogP) is -2.01. The topological polar surface area (TPSA) is 115 Å². The SMILES string of the molecule is Cn1nc(NCCOCC(=O)O)c(=O)n(C)c1=O. The molecule has 18 heavy (non-hydrogen) atoms. The lowest BCUT2D eigenvalue weighted by Crippen LogP contribution is -2.40. The molecule has 9 heteroatoms. The first-order valence-electron chi connectivity index (χ1n) is 5.11. The quantitative estimate of drug-likeness (QED) is 0.566. The van der Waals surface area contributed by atoms with E-state index in [-0.39, 0.29) is 19.0 Å². The number of hydrogen-bond donors (Lipinski definition) is 2. The van der Waals surface area contributed by atoms with Gasteiger partial charge in [-0.1, -0.05) is 0 Å². The van der Waals surface area contributed by atoms with E-state index in [1.807, 2.05) is 0 Å². The molecular weight excluding hydrogens is 244 g/mol. The number of aliphatic carboxylic acids is 1. The molecule has 100 valence electrons. The van der Waals surface area contributed by atoms with Crippen LogP contribution in [0.25, 0.3) is 0 Å². The van der Waals surface area contributed by atoms with Crippen molar-refractivity contribution in [3.63, 3.8) is 0 Å². The first-order valence-corrected chi connectivity index (χ1v) is 5.11. The second kappa shape index (κ2) is 5.96. The average molecular weight is 258 g/mol. The Hall–Kier alpha value is -2.16. The Morgan fingerprint density at radius 1 is 1.44 bits per heavy atom. The van der Waals surface area contributed by atoms with Crippen LogP contribution in [0.5, 0.6) is 0 Å². The molecule has 1 rings (SSSR count). The van der Waals surface area contributed by atoms with E-state index in [9.17, 15) is 14.4 Å². The Morgan fingerprint density at radius 2 is 2.11 bits per heavy atom. The molecule has 0 bridgehead atoms. The maximum Gasteiger partial charge on any atom is 0.346 e. The molecule has 2 N–H and O–H groups in total. The van der Waals surface area contributed by atoms with Gasteiger partial charge in [-0.3, -0.25) is 9.36 Å². The number of carboxylic acids is 1. The van der Waals surface area contributed by atoms with Crippen LogP contribution in [0, 0.1) is 0 Å². The van der Waals surface area contributed by atoms with Gasteiger partial charge in [-0.25, -0.2) is 14.3 Å². The van der Waals surface area contributed by atoms with Gasteiger partial charge in [0.2, 0.25) is 5.82 Å². The summed E-state index contributed by atoms with van der Waals surface area (Å²) in [5, 5.41) is 14.8. The van der Waals surface area contributed by atoms with Crippen molar-refractivity contribution in [3.8, 4) is 0 Å². The smallest absolute Gasteiger partial charge is 0.346 e. The summed E-state index contributed by atoms with van der Waals surface area (Å²) in [7, 11) is 2.77. The van der Waals surface area contributed by atoms with Crippen LogP contribution in [0.3, 0.4) is 0 Å². The van der Waals surface area contributed by atoms with E-state index in [0.717, 1.165) is 9.25 Å². The third-order valence-corrected chi connectivity index (χ3v) is 2.09. The maximum absolute atomic E-state index is 11.6. The van der Waals surface area contributed by atoms with Crippen molar-refractivity contribution < 1.29 is 14.6 Å². The molecule has 0 saturated heterocycles. The van der Waals surface area contributed by atoms with E-state index in [2.05, 4.69) is 10.4 Å². The zero-order valence-electron chi connectivity index (χ0n) is 10.0. The highest BCUT2D eigenvalue weighted by molar-refractivity contribution is 5.67. The van der Waals surface area contributed by atoms with Gasteiger partial charge in [0.15, 0.2) is 0 Å². The van der Waals surface area contributed by atoms with Crippen LogP contribution >= 0.6 is 0 Å². The Labute approximate surface area is 102 Å². The molecule has 0 saturated carbocycles. The molecule has 0 atom stereocenters. The van der Waals surface area contributed by atoms with Crippen molar-refractivity contribution in [3.05, 3.63) is 20.8 Å². The molecule has 0 aliphatic heterocycles. The number of hydrogen-bond acceptors (Lipinski definition) is 6. The zero-order chi connectivity index (χ0) is 13.7. The number of rotatable bonds is 6. The molecule has 0 aliphatic rings. The minimum atomic E-state index is -1.06. The molecule has 0 spiro atoms. The highest BCUT2D eigenvalue weighted by Crippen LogP contribution is 1.88.